The second kappa shape index (κ2) is 6.34. The van der Waals surface area contributed by atoms with Crippen LogP contribution in [0, 0.1) is 0 Å². The van der Waals surface area contributed by atoms with Gasteiger partial charge < -0.3 is 5.32 Å². The molecule has 2 atom stereocenters. The van der Waals surface area contributed by atoms with E-state index < -0.39 is 10.0 Å². The molecule has 1 aromatic rings. The fourth-order valence-corrected chi connectivity index (χ4v) is 5.86. The highest BCUT2D eigenvalue weighted by Gasteiger charge is 2.39. The van der Waals surface area contributed by atoms with Crippen LogP contribution in [-0.2, 0) is 16.6 Å². The summed E-state index contributed by atoms with van der Waals surface area (Å²) in [6.07, 6.45) is 3.23. The van der Waals surface area contributed by atoms with E-state index in [1.54, 1.807) is 6.07 Å². The minimum atomic E-state index is -3.37. The van der Waals surface area contributed by atoms with Gasteiger partial charge in [0.15, 0.2) is 0 Å². The van der Waals surface area contributed by atoms with Gasteiger partial charge in [-0.2, -0.15) is 0 Å². The second-order valence-electron chi connectivity index (χ2n) is 5.82. The molecule has 0 saturated carbocycles. The van der Waals surface area contributed by atoms with E-state index in [-0.39, 0.29) is 6.04 Å². The van der Waals surface area contributed by atoms with Crippen LogP contribution in [0.15, 0.2) is 15.7 Å². The summed E-state index contributed by atoms with van der Waals surface area (Å²) < 4.78 is 28.4. The van der Waals surface area contributed by atoms with Gasteiger partial charge in [0, 0.05) is 25.2 Å². The summed E-state index contributed by atoms with van der Waals surface area (Å²) in [4.78, 5) is 2.41. The van der Waals surface area contributed by atoms with Gasteiger partial charge in [0.1, 0.15) is 4.21 Å². The molecule has 0 spiro atoms. The maximum absolute atomic E-state index is 12.5. The molecule has 5 nitrogen and oxygen atoms in total. The zero-order valence-electron chi connectivity index (χ0n) is 12.3. The molecule has 2 aliphatic heterocycles. The molecule has 0 aromatic carbocycles. The third-order valence-electron chi connectivity index (χ3n) is 4.39. The number of rotatable bonds is 6. The first-order valence-electron chi connectivity index (χ1n) is 7.64. The van der Waals surface area contributed by atoms with Crippen molar-refractivity contribution >= 4 is 21.4 Å². The Bertz CT molecular complexity index is 585. The summed E-state index contributed by atoms with van der Waals surface area (Å²) in [7, 11) is -3.37. The summed E-state index contributed by atoms with van der Waals surface area (Å²) in [5.41, 5.74) is 1.04. The van der Waals surface area contributed by atoms with Crippen LogP contribution in [-0.4, -0.2) is 45.0 Å². The SMILES string of the molecule is CCNCc1csc(S(=O)(=O)NC2CCN3CCCC23)c1. The third-order valence-corrected chi connectivity index (χ3v) is 7.36. The Morgan fingerprint density at radius 2 is 2.24 bits per heavy atom. The van der Waals surface area contributed by atoms with Crippen molar-refractivity contribution in [2.75, 3.05) is 19.6 Å². The van der Waals surface area contributed by atoms with Gasteiger partial charge in [-0.3, -0.25) is 4.90 Å². The largest absolute Gasteiger partial charge is 0.313 e. The molecule has 118 valence electrons. The lowest BCUT2D eigenvalue weighted by Crippen LogP contribution is -2.42. The van der Waals surface area contributed by atoms with Crippen molar-refractivity contribution in [3.05, 3.63) is 17.0 Å². The van der Waals surface area contributed by atoms with E-state index in [1.807, 2.05) is 12.3 Å². The summed E-state index contributed by atoms with van der Waals surface area (Å²) in [6.45, 7) is 5.79. The standard InChI is InChI=1S/C14H23N3O2S2/c1-2-15-9-11-8-14(20-10-11)21(18,19)16-12-5-7-17-6-3-4-13(12)17/h8,10,12-13,15-16H,2-7,9H2,1H3. The van der Waals surface area contributed by atoms with Crippen molar-refractivity contribution in [2.24, 2.45) is 0 Å². The quantitative estimate of drug-likeness (QED) is 0.828. The van der Waals surface area contributed by atoms with Crippen molar-refractivity contribution in [1.82, 2.24) is 14.9 Å². The fourth-order valence-electron chi connectivity index (χ4n) is 3.33. The van der Waals surface area contributed by atoms with Crippen LogP contribution >= 0.6 is 11.3 Å². The van der Waals surface area contributed by atoms with Crippen molar-refractivity contribution in [2.45, 2.75) is 49.0 Å². The molecular weight excluding hydrogens is 306 g/mol. The lowest BCUT2D eigenvalue weighted by atomic mass is 10.1. The van der Waals surface area contributed by atoms with E-state index in [0.29, 0.717) is 10.3 Å². The highest BCUT2D eigenvalue weighted by Crippen LogP contribution is 2.29. The van der Waals surface area contributed by atoms with Crippen LogP contribution in [0.3, 0.4) is 0 Å². The van der Waals surface area contributed by atoms with Crippen molar-refractivity contribution in [3.8, 4) is 0 Å². The number of sulfonamides is 1. The molecule has 0 bridgehead atoms. The van der Waals surface area contributed by atoms with E-state index in [1.165, 1.54) is 17.8 Å². The predicted molar refractivity (Wildman–Crippen MR) is 85.0 cm³/mol. The molecule has 3 heterocycles. The smallest absolute Gasteiger partial charge is 0.250 e. The monoisotopic (exact) mass is 329 g/mol. The Labute approximate surface area is 130 Å². The molecule has 2 N–H and O–H groups in total. The van der Waals surface area contributed by atoms with Crippen LogP contribution in [0.2, 0.25) is 0 Å². The molecule has 0 amide bonds. The molecule has 2 unspecified atom stereocenters. The van der Waals surface area contributed by atoms with Crippen LogP contribution in [0.1, 0.15) is 31.7 Å². The molecule has 2 saturated heterocycles. The van der Waals surface area contributed by atoms with E-state index in [9.17, 15) is 8.42 Å². The molecule has 0 radical (unpaired) electrons. The average Bonchev–Trinajstić information content (AvgIpc) is 3.14. The topological polar surface area (TPSA) is 61.4 Å². The Kier molecular flexibility index (Phi) is 4.66. The predicted octanol–water partition coefficient (Wildman–Crippen LogP) is 1.37. The summed E-state index contributed by atoms with van der Waals surface area (Å²) >= 11 is 1.31. The van der Waals surface area contributed by atoms with Crippen molar-refractivity contribution < 1.29 is 8.42 Å². The van der Waals surface area contributed by atoms with Crippen LogP contribution in [0.25, 0.3) is 0 Å². The highest BCUT2D eigenvalue weighted by atomic mass is 32.2. The lowest BCUT2D eigenvalue weighted by molar-refractivity contribution is 0.309. The van der Waals surface area contributed by atoms with Crippen molar-refractivity contribution in [3.63, 3.8) is 0 Å². The molecule has 0 aliphatic carbocycles. The molecular formula is C14H23N3O2S2. The van der Waals surface area contributed by atoms with Crippen molar-refractivity contribution in [1.29, 1.82) is 0 Å². The van der Waals surface area contributed by atoms with Gasteiger partial charge in [0.05, 0.1) is 0 Å². The third kappa shape index (κ3) is 3.32. The molecule has 7 heteroatoms. The number of hydrogen-bond donors (Lipinski definition) is 2. The first kappa shape index (κ1) is 15.4. The number of nitrogens with one attached hydrogen (secondary N) is 2. The first-order chi connectivity index (χ1) is 10.1. The Morgan fingerprint density at radius 1 is 1.38 bits per heavy atom. The van der Waals surface area contributed by atoms with Crippen LogP contribution in [0.5, 0.6) is 0 Å². The van der Waals surface area contributed by atoms with Gasteiger partial charge in [-0.15, -0.1) is 11.3 Å². The molecule has 21 heavy (non-hydrogen) atoms. The summed E-state index contributed by atoms with van der Waals surface area (Å²) in [5, 5.41) is 5.14. The summed E-state index contributed by atoms with van der Waals surface area (Å²) in [6, 6.07) is 2.27. The minimum Gasteiger partial charge on any atom is -0.313 e. The maximum atomic E-state index is 12.5. The molecule has 1 aromatic heterocycles. The highest BCUT2D eigenvalue weighted by molar-refractivity contribution is 7.91. The number of hydrogen-bond acceptors (Lipinski definition) is 5. The maximum Gasteiger partial charge on any atom is 0.250 e. The normalized spacial score (nSPS) is 26.3. The second-order valence-corrected chi connectivity index (χ2v) is 8.67. The average molecular weight is 329 g/mol. The van der Waals surface area contributed by atoms with Gasteiger partial charge in [-0.1, -0.05) is 6.92 Å². The van der Waals surface area contributed by atoms with Gasteiger partial charge in [0.25, 0.3) is 0 Å². The van der Waals surface area contributed by atoms with Gasteiger partial charge >= 0.3 is 0 Å². The van der Waals surface area contributed by atoms with Gasteiger partial charge in [-0.05, 0) is 49.4 Å². The van der Waals surface area contributed by atoms with Crippen LogP contribution in [0.4, 0.5) is 0 Å². The van der Waals surface area contributed by atoms with E-state index in [4.69, 9.17) is 0 Å². The fraction of sp³-hybridized carbons (Fsp3) is 0.714. The van der Waals surface area contributed by atoms with E-state index in [0.717, 1.165) is 44.6 Å². The molecule has 2 fully saturated rings. The Hall–Kier alpha value is -0.470. The first-order valence-corrected chi connectivity index (χ1v) is 10.0. The molecule has 3 rings (SSSR count). The Balaban J connectivity index is 1.67. The number of thiophene rings is 1. The van der Waals surface area contributed by atoms with Crippen LogP contribution < -0.4 is 10.0 Å². The zero-order chi connectivity index (χ0) is 14.9. The zero-order valence-corrected chi connectivity index (χ0v) is 14.0. The van der Waals surface area contributed by atoms with Gasteiger partial charge in [-0.25, -0.2) is 13.1 Å². The van der Waals surface area contributed by atoms with E-state index >= 15 is 0 Å². The van der Waals surface area contributed by atoms with E-state index in [2.05, 4.69) is 14.9 Å². The summed E-state index contributed by atoms with van der Waals surface area (Å²) in [5.74, 6) is 0. The minimum absolute atomic E-state index is 0.0804. The number of fused-ring (bicyclic) bond motifs is 1. The Morgan fingerprint density at radius 3 is 3.05 bits per heavy atom. The molecule has 2 aliphatic rings. The van der Waals surface area contributed by atoms with Gasteiger partial charge in [0.2, 0.25) is 10.0 Å². The number of nitrogens with zero attached hydrogens (tertiary/aromatic N) is 1. The lowest BCUT2D eigenvalue weighted by Gasteiger charge is -2.20.